The zero-order chi connectivity index (χ0) is 15.5. The quantitative estimate of drug-likeness (QED) is 0.712. The van der Waals surface area contributed by atoms with Crippen LogP contribution in [0.15, 0.2) is 0 Å². The SMILES string of the molecule is CCCC(C(N)=S)N1CCN(S(=O)(=O)N2CCCC2)CC1. The van der Waals surface area contributed by atoms with Gasteiger partial charge in [0.25, 0.3) is 10.2 Å². The summed E-state index contributed by atoms with van der Waals surface area (Å²) in [5, 5.41) is 0. The van der Waals surface area contributed by atoms with Crippen LogP contribution in [0.4, 0.5) is 0 Å². The molecule has 2 saturated heterocycles. The van der Waals surface area contributed by atoms with E-state index < -0.39 is 10.2 Å². The van der Waals surface area contributed by atoms with Crippen molar-refractivity contribution in [2.45, 2.75) is 38.6 Å². The van der Waals surface area contributed by atoms with Gasteiger partial charge in [-0.25, -0.2) is 0 Å². The van der Waals surface area contributed by atoms with Gasteiger partial charge in [0.1, 0.15) is 0 Å². The van der Waals surface area contributed by atoms with Crippen molar-refractivity contribution in [3.8, 4) is 0 Å². The van der Waals surface area contributed by atoms with Crippen molar-refractivity contribution in [3.05, 3.63) is 0 Å². The molecule has 0 spiro atoms. The van der Waals surface area contributed by atoms with E-state index in [9.17, 15) is 8.42 Å². The van der Waals surface area contributed by atoms with E-state index in [1.807, 2.05) is 0 Å². The van der Waals surface area contributed by atoms with Crippen molar-refractivity contribution >= 4 is 27.4 Å². The van der Waals surface area contributed by atoms with Crippen LogP contribution in [-0.4, -0.2) is 72.2 Å². The molecule has 0 aliphatic carbocycles. The molecule has 2 aliphatic rings. The van der Waals surface area contributed by atoms with Crippen LogP contribution in [0, 0.1) is 0 Å². The van der Waals surface area contributed by atoms with Crippen molar-refractivity contribution in [1.29, 1.82) is 0 Å². The van der Waals surface area contributed by atoms with Gasteiger partial charge in [0.05, 0.1) is 11.0 Å². The molecule has 2 fully saturated rings. The van der Waals surface area contributed by atoms with Crippen LogP contribution in [0.5, 0.6) is 0 Å². The highest BCUT2D eigenvalue weighted by molar-refractivity contribution is 7.86. The number of nitrogens with zero attached hydrogens (tertiary/aromatic N) is 3. The molecule has 0 aromatic rings. The molecule has 0 radical (unpaired) electrons. The molecule has 0 aromatic heterocycles. The summed E-state index contributed by atoms with van der Waals surface area (Å²) in [5.74, 6) is 0. The van der Waals surface area contributed by atoms with Gasteiger partial charge in [-0.2, -0.15) is 17.0 Å². The minimum Gasteiger partial charge on any atom is -0.392 e. The largest absolute Gasteiger partial charge is 0.392 e. The molecule has 6 nitrogen and oxygen atoms in total. The molecule has 1 unspecified atom stereocenters. The Hall–Kier alpha value is -0.280. The Bertz CT molecular complexity index is 455. The van der Waals surface area contributed by atoms with E-state index in [1.54, 1.807) is 8.61 Å². The Kier molecular flexibility index (Phi) is 5.96. The lowest BCUT2D eigenvalue weighted by Gasteiger charge is -2.39. The Morgan fingerprint density at radius 3 is 2.10 bits per heavy atom. The van der Waals surface area contributed by atoms with Crippen molar-refractivity contribution in [1.82, 2.24) is 13.5 Å². The molecule has 2 heterocycles. The summed E-state index contributed by atoms with van der Waals surface area (Å²) < 4.78 is 28.2. The fourth-order valence-electron chi connectivity index (χ4n) is 3.11. The van der Waals surface area contributed by atoms with Crippen LogP contribution in [0.25, 0.3) is 0 Å². The monoisotopic (exact) mass is 334 g/mol. The van der Waals surface area contributed by atoms with E-state index in [1.165, 1.54) is 0 Å². The third-order valence-electron chi connectivity index (χ3n) is 4.32. The lowest BCUT2D eigenvalue weighted by molar-refractivity contribution is 0.158. The highest BCUT2D eigenvalue weighted by Gasteiger charge is 2.35. The molecule has 0 saturated carbocycles. The van der Waals surface area contributed by atoms with Crippen molar-refractivity contribution < 1.29 is 8.42 Å². The molecular formula is C13H26N4O2S2. The lowest BCUT2D eigenvalue weighted by atomic mass is 10.1. The summed E-state index contributed by atoms with van der Waals surface area (Å²) in [5.41, 5.74) is 5.82. The number of rotatable bonds is 6. The van der Waals surface area contributed by atoms with Gasteiger partial charge in [0.15, 0.2) is 0 Å². The second-order valence-electron chi connectivity index (χ2n) is 5.76. The van der Waals surface area contributed by atoms with E-state index in [0.29, 0.717) is 44.3 Å². The summed E-state index contributed by atoms with van der Waals surface area (Å²) in [6.45, 7) is 5.90. The predicted molar refractivity (Wildman–Crippen MR) is 88.4 cm³/mol. The minimum atomic E-state index is -3.27. The highest BCUT2D eigenvalue weighted by atomic mass is 32.2. The number of nitrogens with two attached hydrogens (primary N) is 1. The number of thiocarbonyl (C=S) groups is 1. The average molecular weight is 335 g/mol. The smallest absolute Gasteiger partial charge is 0.282 e. The van der Waals surface area contributed by atoms with E-state index in [0.717, 1.165) is 25.7 Å². The van der Waals surface area contributed by atoms with Gasteiger partial charge in [0, 0.05) is 39.3 Å². The second-order valence-corrected chi connectivity index (χ2v) is 8.16. The molecule has 21 heavy (non-hydrogen) atoms. The third kappa shape index (κ3) is 3.92. The predicted octanol–water partition coefficient (Wildman–Crippen LogP) is 0.399. The van der Waals surface area contributed by atoms with E-state index >= 15 is 0 Å². The molecule has 2 rings (SSSR count). The van der Waals surface area contributed by atoms with Gasteiger partial charge in [0.2, 0.25) is 0 Å². The standard InChI is InChI=1S/C13H26N4O2S2/c1-2-5-12(13(14)20)15-8-10-17(11-9-15)21(18,19)16-6-3-4-7-16/h12H,2-11H2,1H3,(H2,14,20). The van der Waals surface area contributed by atoms with Gasteiger partial charge in [-0.05, 0) is 19.3 Å². The summed E-state index contributed by atoms with van der Waals surface area (Å²) in [6, 6.07) is 0.0987. The normalized spacial score (nSPS) is 24.2. The van der Waals surface area contributed by atoms with Crippen LogP contribution >= 0.6 is 12.2 Å². The van der Waals surface area contributed by atoms with Crippen LogP contribution < -0.4 is 5.73 Å². The Morgan fingerprint density at radius 1 is 1.10 bits per heavy atom. The van der Waals surface area contributed by atoms with E-state index in [2.05, 4.69) is 11.8 Å². The average Bonchev–Trinajstić information content (AvgIpc) is 2.99. The minimum absolute atomic E-state index is 0.0987. The molecule has 2 aliphatic heterocycles. The van der Waals surface area contributed by atoms with Gasteiger partial charge in [-0.1, -0.05) is 25.6 Å². The molecule has 122 valence electrons. The van der Waals surface area contributed by atoms with Crippen molar-refractivity contribution in [3.63, 3.8) is 0 Å². The maximum absolute atomic E-state index is 12.5. The summed E-state index contributed by atoms with van der Waals surface area (Å²) in [6.07, 6.45) is 3.90. The van der Waals surface area contributed by atoms with Crippen LogP contribution in [0.1, 0.15) is 32.6 Å². The van der Waals surface area contributed by atoms with Crippen molar-refractivity contribution in [2.24, 2.45) is 5.73 Å². The van der Waals surface area contributed by atoms with E-state index in [4.69, 9.17) is 18.0 Å². The first-order valence-electron chi connectivity index (χ1n) is 7.75. The van der Waals surface area contributed by atoms with Gasteiger partial charge >= 0.3 is 0 Å². The maximum atomic E-state index is 12.5. The van der Waals surface area contributed by atoms with Gasteiger partial charge in [-0.15, -0.1) is 0 Å². The summed E-state index contributed by atoms with van der Waals surface area (Å²) in [7, 11) is -3.27. The fourth-order valence-corrected chi connectivity index (χ4v) is 5.04. The third-order valence-corrected chi connectivity index (χ3v) is 6.63. The topological polar surface area (TPSA) is 69.9 Å². The lowest BCUT2D eigenvalue weighted by Crippen LogP contribution is -2.56. The summed E-state index contributed by atoms with van der Waals surface area (Å²) >= 11 is 5.15. The fraction of sp³-hybridized carbons (Fsp3) is 0.923. The molecule has 0 amide bonds. The number of hydrogen-bond donors (Lipinski definition) is 1. The first-order chi connectivity index (χ1) is 9.96. The second kappa shape index (κ2) is 7.32. The molecular weight excluding hydrogens is 308 g/mol. The number of piperazine rings is 1. The Labute approximate surface area is 133 Å². The van der Waals surface area contributed by atoms with Crippen LogP contribution in [-0.2, 0) is 10.2 Å². The molecule has 0 aromatic carbocycles. The highest BCUT2D eigenvalue weighted by Crippen LogP contribution is 2.19. The van der Waals surface area contributed by atoms with Gasteiger partial charge < -0.3 is 5.73 Å². The van der Waals surface area contributed by atoms with Gasteiger partial charge in [-0.3, -0.25) is 4.90 Å². The Morgan fingerprint density at radius 2 is 1.62 bits per heavy atom. The zero-order valence-electron chi connectivity index (χ0n) is 12.7. The van der Waals surface area contributed by atoms with Crippen LogP contribution in [0.2, 0.25) is 0 Å². The molecule has 0 bridgehead atoms. The van der Waals surface area contributed by atoms with E-state index in [-0.39, 0.29) is 6.04 Å². The van der Waals surface area contributed by atoms with Crippen molar-refractivity contribution in [2.75, 3.05) is 39.3 Å². The Balaban J connectivity index is 1.94. The first-order valence-corrected chi connectivity index (χ1v) is 9.56. The molecule has 1 atom stereocenters. The number of hydrogen-bond acceptors (Lipinski definition) is 4. The van der Waals surface area contributed by atoms with Crippen LogP contribution in [0.3, 0.4) is 0 Å². The summed E-state index contributed by atoms with van der Waals surface area (Å²) in [4.78, 5) is 2.75. The molecule has 2 N–H and O–H groups in total. The molecule has 8 heteroatoms. The zero-order valence-corrected chi connectivity index (χ0v) is 14.3. The first kappa shape index (κ1) is 17.1. The maximum Gasteiger partial charge on any atom is 0.282 e.